The zero-order chi connectivity index (χ0) is 12.1. The van der Waals surface area contributed by atoms with E-state index in [2.05, 4.69) is 5.32 Å². The Balaban J connectivity index is 3.04. The molecule has 0 bridgehead atoms. The molecular weight excluding hydrogens is 206 g/mol. The van der Waals surface area contributed by atoms with Crippen molar-refractivity contribution < 1.29 is 9.90 Å². The van der Waals surface area contributed by atoms with Crippen LogP contribution in [0.1, 0.15) is 18.1 Å². The van der Waals surface area contributed by atoms with Gasteiger partial charge in [-0.2, -0.15) is 0 Å². The lowest BCUT2D eigenvalue weighted by Gasteiger charge is -2.17. The minimum atomic E-state index is -0.908. The monoisotopic (exact) mass is 223 g/mol. The van der Waals surface area contributed by atoms with Crippen molar-refractivity contribution in [3.05, 3.63) is 29.3 Å². The summed E-state index contributed by atoms with van der Waals surface area (Å²) in [6.07, 6.45) is 0. The molecule has 1 aromatic carbocycles. The van der Waals surface area contributed by atoms with E-state index in [-0.39, 0.29) is 0 Å². The first kappa shape index (κ1) is 12.5. The second kappa shape index (κ2) is 5.48. The molecule has 1 atom stereocenters. The van der Waals surface area contributed by atoms with E-state index in [9.17, 15) is 4.79 Å². The maximum atomic E-state index is 10.8. The lowest BCUT2D eigenvalue weighted by atomic mass is 10.1. The molecule has 1 rings (SSSR count). The fourth-order valence-corrected chi connectivity index (χ4v) is 1.46. The quantitative estimate of drug-likeness (QED) is 0.582. The number of nitrogens with two attached hydrogens (primary N) is 2. The normalized spacial score (nSPS) is 12.2. The zero-order valence-electron chi connectivity index (χ0n) is 9.23. The molecule has 0 aliphatic rings. The Labute approximate surface area is 94.4 Å². The van der Waals surface area contributed by atoms with Crippen LogP contribution >= 0.6 is 0 Å². The second-order valence-corrected chi connectivity index (χ2v) is 3.56. The van der Waals surface area contributed by atoms with Crippen molar-refractivity contribution >= 4 is 11.7 Å². The summed E-state index contributed by atoms with van der Waals surface area (Å²) in [6.45, 7) is 2.28. The Kier molecular flexibility index (Phi) is 4.28. The Morgan fingerprint density at radius 1 is 1.38 bits per heavy atom. The third-order valence-corrected chi connectivity index (χ3v) is 2.41. The van der Waals surface area contributed by atoms with Crippen molar-refractivity contribution in [2.75, 3.05) is 5.32 Å². The van der Waals surface area contributed by atoms with Crippen LogP contribution in [0.5, 0.6) is 0 Å². The number of rotatable bonds is 5. The van der Waals surface area contributed by atoms with E-state index < -0.39 is 12.0 Å². The van der Waals surface area contributed by atoms with Gasteiger partial charge in [0.1, 0.15) is 6.04 Å². The molecule has 1 unspecified atom stereocenters. The predicted octanol–water partition coefficient (Wildman–Crippen LogP) is 0.489. The van der Waals surface area contributed by atoms with Crippen LogP contribution < -0.4 is 16.8 Å². The molecule has 0 radical (unpaired) electrons. The zero-order valence-corrected chi connectivity index (χ0v) is 9.23. The van der Waals surface area contributed by atoms with Gasteiger partial charge >= 0.3 is 5.97 Å². The van der Waals surface area contributed by atoms with E-state index in [1.807, 2.05) is 18.2 Å². The minimum Gasteiger partial charge on any atom is -0.480 e. The molecule has 0 saturated heterocycles. The molecule has 88 valence electrons. The van der Waals surface area contributed by atoms with E-state index in [0.717, 1.165) is 16.8 Å². The second-order valence-electron chi connectivity index (χ2n) is 3.56. The van der Waals surface area contributed by atoms with Gasteiger partial charge in [0.25, 0.3) is 0 Å². The van der Waals surface area contributed by atoms with Crippen LogP contribution in [0.4, 0.5) is 5.69 Å². The average Bonchev–Trinajstić information content (AvgIpc) is 2.29. The predicted molar refractivity (Wildman–Crippen MR) is 62.9 cm³/mol. The van der Waals surface area contributed by atoms with Crippen LogP contribution in [0.3, 0.4) is 0 Å². The SMILES string of the molecule is CC(Nc1c(CN)cccc1CN)C(=O)O. The number of benzene rings is 1. The van der Waals surface area contributed by atoms with E-state index in [0.29, 0.717) is 13.1 Å². The van der Waals surface area contributed by atoms with Crippen molar-refractivity contribution in [3.8, 4) is 0 Å². The number of carbonyl (C=O) groups is 1. The Morgan fingerprint density at radius 3 is 2.25 bits per heavy atom. The molecule has 0 amide bonds. The molecule has 0 spiro atoms. The molecular formula is C11H17N3O2. The molecule has 0 fully saturated rings. The first-order valence-corrected chi connectivity index (χ1v) is 5.10. The third kappa shape index (κ3) is 2.71. The summed E-state index contributed by atoms with van der Waals surface area (Å²) in [7, 11) is 0. The summed E-state index contributed by atoms with van der Waals surface area (Å²) in [5.74, 6) is -0.908. The Hall–Kier alpha value is -1.59. The summed E-state index contributed by atoms with van der Waals surface area (Å²) in [6, 6.07) is 4.91. The third-order valence-electron chi connectivity index (χ3n) is 2.41. The van der Waals surface area contributed by atoms with E-state index in [1.54, 1.807) is 6.92 Å². The van der Waals surface area contributed by atoms with Crippen molar-refractivity contribution in [1.82, 2.24) is 0 Å². The highest BCUT2D eigenvalue weighted by Crippen LogP contribution is 2.21. The van der Waals surface area contributed by atoms with Crippen molar-refractivity contribution in [3.63, 3.8) is 0 Å². The van der Waals surface area contributed by atoms with Crippen molar-refractivity contribution in [2.24, 2.45) is 11.5 Å². The van der Waals surface area contributed by atoms with Gasteiger partial charge in [0, 0.05) is 18.8 Å². The van der Waals surface area contributed by atoms with Gasteiger partial charge in [-0.05, 0) is 18.1 Å². The molecule has 0 saturated carbocycles. The smallest absolute Gasteiger partial charge is 0.325 e. The summed E-state index contributed by atoms with van der Waals surface area (Å²) in [4.78, 5) is 10.8. The van der Waals surface area contributed by atoms with Crippen molar-refractivity contribution in [2.45, 2.75) is 26.1 Å². The molecule has 0 heterocycles. The maximum absolute atomic E-state index is 10.8. The fraction of sp³-hybridized carbons (Fsp3) is 0.364. The minimum absolute atomic E-state index is 0.350. The molecule has 6 N–H and O–H groups in total. The number of carboxylic acid groups (broad SMARTS) is 1. The van der Waals surface area contributed by atoms with Gasteiger partial charge in [-0.15, -0.1) is 0 Å². The Morgan fingerprint density at radius 2 is 1.88 bits per heavy atom. The van der Waals surface area contributed by atoms with Crippen LogP contribution in [0.15, 0.2) is 18.2 Å². The summed E-state index contributed by atoms with van der Waals surface area (Å²) >= 11 is 0. The van der Waals surface area contributed by atoms with Gasteiger partial charge in [0.05, 0.1) is 0 Å². The highest BCUT2D eigenvalue weighted by molar-refractivity contribution is 5.77. The highest BCUT2D eigenvalue weighted by atomic mass is 16.4. The van der Waals surface area contributed by atoms with E-state index in [1.165, 1.54) is 0 Å². The lowest BCUT2D eigenvalue weighted by Crippen LogP contribution is -2.27. The van der Waals surface area contributed by atoms with E-state index in [4.69, 9.17) is 16.6 Å². The number of carboxylic acids is 1. The van der Waals surface area contributed by atoms with Crippen LogP contribution in [0, 0.1) is 0 Å². The number of nitrogens with one attached hydrogen (secondary N) is 1. The van der Waals surface area contributed by atoms with Crippen LogP contribution in [-0.2, 0) is 17.9 Å². The molecule has 1 aromatic rings. The largest absolute Gasteiger partial charge is 0.480 e. The number of hydrogen-bond donors (Lipinski definition) is 4. The molecule has 0 aliphatic carbocycles. The van der Waals surface area contributed by atoms with Gasteiger partial charge < -0.3 is 21.9 Å². The molecule has 0 aromatic heterocycles. The summed E-state index contributed by atoms with van der Waals surface area (Å²) in [5.41, 5.74) is 13.7. The average molecular weight is 223 g/mol. The van der Waals surface area contributed by atoms with Crippen LogP contribution in [-0.4, -0.2) is 17.1 Å². The highest BCUT2D eigenvalue weighted by Gasteiger charge is 2.14. The van der Waals surface area contributed by atoms with Gasteiger partial charge in [-0.1, -0.05) is 18.2 Å². The van der Waals surface area contributed by atoms with Crippen molar-refractivity contribution in [1.29, 1.82) is 0 Å². The molecule has 16 heavy (non-hydrogen) atoms. The number of aliphatic carboxylic acids is 1. The first-order valence-electron chi connectivity index (χ1n) is 5.10. The number of hydrogen-bond acceptors (Lipinski definition) is 4. The van der Waals surface area contributed by atoms with Gasteiger partial charge in [0.15, 0.2) is 0 Å². The van der Waals surface area contributed by atoms with Gasteiger partial charge in [-0.25, -0.2) is 0 Å². The van der Waals surface area contributed by atoms with Gasteiger partial charge in [0.2, 0.25) is 0 Å². The van der Waals surface area contributed by atoms with E-state index >= 15 is 0 Å². The first-order chi connectivity index (χ1) is 7.60. The van der Waals surface area contributed by atoms with Crippen LogP contribution in [0.2, 0.25) is 0 Å². The van der Waals surface area contributed by atoms with Crippen LogP contribution in [0.25, 0.3) is 0 Å². The lowest BCUT2D eigenvalue weighted by molar-refractivity contribution is -0.137. The summed E-state index contributed by atoms with van der Waals surface area (Å²) < 4.78 is 0. The van der Waals surface area contributed by atoms with Gasteiger partial charge in [-0.3, -0.25) is 4.79 Å². The Bertz CT molecular complexity index is 357. The fourth-order valence-electron chi connectivity index (χ4n) is 1.46. The molecule has 0 aliphatic heterocycles. The molecule has 5 nitrogen and oxygen atoms in total. The standard InChI is InChI=1S/C11H17N3O2/c1-7(11(15)16)14-10-8(5-12)3-2-4-9(10)6-13/h2-4,7,14H,5-6,12-13H2,1H3,(H,15,16). The summed E-state index contributed by atoms with van der Waals surface area (Å²) in [5, 5.41) is 11.8. The maximum Gasteiger partial charge on any atom is 0.325 e. The topological polar surface area (TPSA) is 101 Å². The number of para-hydroxylation sites is 1. The molecule has 5 heteroatoms. The number of anilines is 1.